The first-order chi connectivity index (χ1) is 15.2. The number of quaternary nitrogens is 2. The highest BCUT2D eigenvalue weighted by Crippen LogP contribution is 2.24. The molecule has 3 N–H and O–H groups in total. The summed E-state index contributed by atoms with van der Waals surface area (Å²) in [5.74, 6) is 1.07. The van der Waals surface area contributed by atoms with Crippen LogP contribution in [0.2, 0.25) is 0 Å². The number of ether oxygens (including phenoxy) is 1. The van der Waals surface area contributed by atoms with Crippen molar-refractivity contribution >= 4 is 11.6 Å². The molecule has 0 atom stereocenters. The number of carbonyl (C=O) groups excluding carboxylic acids is 1. The summed E-state index contributed by atoms with van der Waals surface area (Å²) in [5.41, 5.74) is 4.80. The standard InChI is InChI=1S/C27H39N3O2/c1-21-8-6-9-25(22(21)2)28-26(31)20-30-17-15-29(16-18-30)14-7-19-32-24-12-10-23(11-13-24)27(3,4)5/h6,8-13H,7,14-20H2,1-5H3,(H,28,31)/p+2. The average molecular weight is 440 g/mol. The molecule has 0 aliphatic carbocycles. The fraction of sp³-hybridized carbons (Fsp3) is 0.519. The van der Waals surface area contributed by atoms with Crippen molar-refractivity contribution in [2.75, 3.05) is 51.2 Å². The number of nitrogens with one attached hydrogen (secondary N) is 3. The molecule has 0 bridgehead atoms. The van der Waals surface area contributed by atoms with Gasteiger partial charge in [-0.1, -0.05) is 45.0 Å². The van der Waals surface area contributed by atoms with Crippen molar-refractivity contribution in [3.05, 3.63) is 59.2 Å². The van der Waals surface area contributed by atoms with Crippen LogP contribution < -0.4 is 19.9 Å². The van der Waals surface area contributed by atoms with Gasteiger partial charge >= 0.3 is 0 Å². The fourth-order valence-electron chi connectivity index (χ4n) is 4.26. The van der Waals surface area contributed by atoms with Crippen LogP contribution in [0.3, 0.4) is 0 Å². The van der Waals surface area contributed by atoms with Gasteiger partial charge in [-0.15, -0.1) is 0 Å². The summed E-state index contributed by atoms with van der Waals surface area (Å²) in [5, 5.41) is 3.10. The molecule has 1 fully saturated rings. The zero-order valence-electron chi connectivity index (χ0n) is 20.5. The van der Waals surface area contributed by atoms with Crippen molar-refractivity contribution in [2.24, 2.45) is 0 Å². The third-order valence-electron chi connectivity index (χ3n) is 6.62. The first kappa shape index (κ1) is 24.3. The molecule has 5 heteroatoms. The normalized spacial score (nSPS) is 18.9. The largest absolute Gasteiger partial charge is 0.493 e. The van der Waals surface area contributed by atoms with E-state index in [0.29, 0.717) is 6.54 Å². The smallest absolute Gasteiger partial charge is 0.279 e. The van der Waals surface area contributed by atoms with Crippen LogP contribution in [0, 0.1) is 13.8 Å². The quantitative estimate of drug-likeness (QED) is 0.550. The van der Waals surface area contributed by atoms with Crippen molar-refractivity contribution < 1.29 is 19.3 Å². The maximum atomic E-state index is 12.5. The van der Waals surface area contributed by atoms with Gasteiger partial charge in [0.2, 0.25) is 0 Å². The van der Waals surface area contributed by atoms with E-state index in [9.17, 15) is 4.79 Å². The van der Waals surface area contributed by atoms with Gasteiger partial charge in [-0.2, -0.15) is 0 Å². The SMILES string of the molecule is Cc1cccc(NC(=O)C[NH+]2CC[NH+](CCCOc3ccc(C(C)(C)C)cc3)CC2)c1C. The van der Waals surface area contributed by atoms with E-state index in [1.165, 1.54) is 16.0 Å². The monoisotopic (exact) mass is 439 g/mol. The van der Waals surface area contributed by atoms with E-state index in [1.54, 1.807) is 4.90 Å². The van der Waals surface area contributed by atoms with E-state index in [0.717, 1.165) is 62.8 Å². The molecule has 0 radical (unpaired) electrons. The lowest BCUT2D eigenvalue weighted by Crippen LogP contribution is -3.28. The Balaban J connectivity index is 1.32. The second kappa shape index (κ2) is 11.0. The van der Waals surface area contributed by atoms with E-state index < -0.39 is 0 Å². The summed E-state index contributed by atoms with van der Waals surface area (Å²) in [7, 11) is 0. The second-order valence-corrected chi connectivity index (χ2v) is 10.2. The number of aryl methyl sites for hydroxylation is 1. The number of rotatable bonds is 8. The van der Waals surface area contributed by atoms with E-state index in [-0.39, 0.29) is 11.3 Å². The molecule has 1 amide bonds. The number of amides is 1. The number of piperazine rings is 1. The third kappa shape index (κ3) is 7.07. The maximum absolute atomic E-state index is 12.5. The second-order valence-electron chi connectivity index (χ2n) is 10.2. The molecule has 2 aromatic carbocycles. The van der Waals surface area contributed by atoms with Gasteiger partial charge in [0.25, 0.3) is 5.91 Å². The number of anilines is 1. The first-order valence-electron chi connectivity index (χ1n) is 12.0. The highest BCUT2D eigenvalue weighted by Gasteiger charge is 2.24. The van der Waals surface area contributed by atoms with Crippen LogP contribution in [-0.2, 0) is 10.2 Å². The number of hydrogen-bond acceptors (Lipinski definition) is 2. The maximum Gasteiger partial charge on any atom is 0.279 e. The molecule has 5 nitrogen and oxygen atoms in total. The average Bonchev–Trinajstić information content (AvgIpc) is 2.75. The lowest BCUT2D eigenvalue weighted by atomic mass is 9.87. The van der Waals surface area contributed by atoms with Crippen LogP contribution in [0.5, 0.6) is 5.75 Å². The van der Waals surface area contributed by atoms with Gasteiger partial charge in [-0.3, -0.25) is 4.79 Å². The Morgan fingerprint density at radius 1 is 0.969 bits per heavy atom. The molecule has 2 aromatic rings. The van der Waals surface area contributed by atoms with Crippen molar-refractivity contribution in [3.8, 4) is 5.75 Å². The number of hydrogen-bond donors (Lipinski definition) is 3. The van der Waals surface area contributed by atoms with Crippen molar-refractivity contribution in [3.63, 3.8) is 0 Å². The van der Waals surface area contributed by atoms with Gasteiger partial charge < -0.3 is 19.9 Å². The van der Waals surface area contributed by atoms with Gasteiger partial charge in [-0.25, -0.2) is 0 Å². The van der Waals surface area contributed by atoms with Gasteiger partial charge in [0.15, 0.2) is 6.54 Å². The van der Waals surface area contributed by atoms with Crippen LogP contribution in [-0.4, -0.2) is 51.8 Å². The van der Waals surface area contributed by atoms with E-state index >= 15 is 0 Å². The molecule has 3 rings (SSSR count). The van der Waals surface area contributed by atoms with Gasteiger partial charge in [0.05, 0.1) is 13.2 Å². The Bertz CT molecular complexity index is 879. The van der Waals surface area contributed by atoms with Crippen LogP contribution in [0.4, 0.5) is 5.69 Å². The van der Waals surface area contributed by atoms with Crippen LogP contribution >= 0.6 is 0 Å². The molecular formula is C27H41N3O2+2. The molecule has 32 heavy (non-hydrogen) atoms. The molecule has 0 aromatic heterocycles. The highest BCUT2D eigenvalue weighted by molar-refractivity contribution is 5.92. The Morgan fingerprint density at radius 3 is 2.28 bits per heavy atom. The molecule has 174 valence electrons. The third-order valence-corrected chi connectivity index (χ3v) is 6.62. The minimum atomic E-state index is 0.114. The Morgan fingerprint density at radius 2 is 1.62 bits per heavy atom. The zero-order valence-corrected chi connectivity index (χ0v) is 20.5. The molecule has 0 saturated carbocycles. The Kier molecular flexibility index (Phi) is 8.32. The zero-order chi connectivity index (χ0) is 23.1. The minimum absolute atomic E-state index is 0.114. The summed E-state index contributed by atoms with van der Waals surface area (Å²) in [6.45, 7) is 17.6. The molecule has 1 aliphatic heterocycles. The van der Waals surface area contributed by atoms with Crippen LogP contribution in [0.15, 0.2) is 42.5 Å². The van der Waals surface area contributed by atoms with Crippen LogP contribution in [0.1, 0.15) is 43.9 Å². The summed E-state index contributed by atoms with van der Waals surface area (Å²) in [6.07, 6.45) is 1.05. The summed E-state index contributed by atoms with van der Waals surface area (Å²) < 4.78 is 5.94. The number of benzene rings is 2. The summed E-state index contributed by atoms with van der Waals surface area (Å²) >= 11 is 0. The topological polar surface area (TPSA) is 47.2 Å². The fourth-order valence-corrected chi connectivity index (χ4v) is 4.26. The van der Waals surface area contributed by atoms with Crippen molar-refractivity contribution in [2.45, 2.75) is 46.5 Å². The van der Waals surface area contributed by atoms with E-state index in [1.807, 2.05) is 12.1 Å². The van der Waals surface area contributed by atoms with E-state index in [4.69, 9.17) is 4.74 Å². The number of carbonyl (C=O) groups is 1. The lowest BCUT2D eigenvalue weighted by Gasteiger charge is -2.29. The van der Waals surface area contributed by atoms with Crippen molar-refractivity contribution in [1.29, 1.82) is 0 Å². The highest BCUT2D eigenvalue weighted by atomic mass is 16.5. The van der Waals surface area contributed by atoms with Crippen LogP contribution in [0.25, 0.3) is 0 Å². The first-order valence-corrected chi connectivity index (χ1v) is 12.0. The Hall–Kier alpha value is -2.37. The van der Waals surface area contributed by atoms with Gasteiger partial charge in [-0.05, 0) is 54.2 Å². The lowest BCUT2D eigenvalue weighted by molar-refractivity contribution is -1.01. The minimum Gasteiger partial charge on any atom is -0.493 e. The van der Waals surface area contributed by atoms with Crippen molar-refractivity contribution in [1.82, 2.24) is 0 Å². The summed E-state index contributed by atoms with van der Waals surface area (Å²) in [6, 6.07) is 14.6. The predicted molar refractivity (Wildman–Crippen MR) is 131 cm³/mol. The molecule has 1 saturated heterocycles. The molecule has 0 unspecified atom stereocenters. The van der Waals surface area contributed by atoms with E-state index in [2.05, 4.69) is 70.3 Å². The molecule has 1 heterocycles. The summed E-state index contributed by atoms with van der Waals surface area (Å²) in [4.78, 5) is 15.5. The van der Waals surface area contributed by atoms with Gasteiger partial charge in [0, 0.05) is 12.1 Å². The van der Waals surface area contributed by atoms with Gasteiger partial charge in [0.1, 0.15) is 31.9 Å². The molecular weight excluding hydrogens is 398 g/mol. The predicted octanol–water partition coefficient (Wildman–Crippen LogP) is 1.79. The Labute approximate surface area is 193 Å². The molecule has 1 aliphatic rings. The molecule has 0 spiro atoms.